The average molecular weight is 365 g/mol. The van der Waals surface area contributed by atoms with E-state index in [-0.39, 0.29) is 0 Å². The summed E-state index contributed by atoms with van der Waals surface area (Å²) in [5.41, 5.74) is 2.87. The molecule has 0 unspecified atom stereocenters. The number of anilines is 1. The van der Waals surface area contributed by atoms with Crippen LogP contribution in [0.25, 0.3) is 11.0 Å². The second-order valence-electron chi connectivity index (χ2n) is 4.13. The van der Waals surface area contributed by atoms with Crippen LogP contribution in [0.1, 0.15) is 19.4 Å². The maximum Gasteiger partial charge on any atom is 0.300 e. The van der Waals surface area contributed by atoms with Crippen molar-refractivity contribution >= 4 is 49.9 Å². The lowest BCUT2D eigenvalue weighted by Gasteiger charge is -2.14. The fourth-order valence-corrected chi connectivity index (χ4v) is 3.00. The van der Waals surface area contributed by atoms with Gasteiger partial charge in [0.15, 0.2) is 0 Å². The Morgan fingerprint density at radius 2 is 2.24 bits per heavy atom. The zero-order valence-corrected chi connectivity index (χ0v) is 12.4. The second kappa shape index (κ2) is 5.32. The highest BCUT2D eigenvalue weighted by Crippen LogP contribution is 2.33. The molecule has 2 rings (SSSR count). The first-order valence-corrected chi connectivity index (χ1v) is 7.71. The van der Waals surface area contributed by atoms with E-state index < -0.39 is 21.5 Å². The van der Waals surface area contributed by atoms with Crippen LogP contribution in [0.4, 0.5) is 5.69 Å². The summed E-state index contributed by atoms with van der Waals surface area (Å²) in [7, 11) is 0. The second-order valence-corrected chi connectivity index (χ2v) is 5.97. The van der Waals surface area contributed by atoms with Crippen LogP contribution in [0, 0.1) is 5.92 Å². The molecule has 1 N–H and O–H groups in total. The number of rotatable bonds is 4. The molecule has 7 heteroatoms. The molecule has 0 atom stereocenters. The summed E-state index contributed by atoms with van der Waals surface area (Å²) in [6, 6.07) is 3.80. The summed E-state index contributed by atoms with van der Waals surface area (Å²) in [4.78, 5) is 0. The first-order valence-electron chi connectivity index (χ1n) is 5.14. The molecule has 1 aromatic heterocycles. The largest absolute Gasteiger partial charge is 0.300 e. The number of hydrogen-bond donors (Lipinski definition) is 1. The van der Waals surface area contributed by atoms with E-state index in [1.165, 1.54) is 0 Å². The van der Waals surface area contributed by atoms with Crippen LogP contribution in [-0.4, -0.2) is 14.0 Å². The molecule has 1 heterocycles. The molecule has 0 saturated heterocycles. The minimum absolute atomic E-state index is 0.455. The molecular weight excluding hydrogens is 353 g/mol. The van der Waals surface area contributed by atoms with Crippen molar-refractivity contribution in [1.82, 2.24) is 8.75 Å². The Morgan fingerprint density at radius 3 is 2.88 bits per heavy atom. The van der Waals surface area contributed by atoms with Gasteiger partial charge in [-0.1, -0.05) is 19.9 Å². The van der Waals surface area contributed by atoms with Crippen LogP contribution >= 0.6 is 33.2 Å². The van der Waals surface area contributed by atoms with Crippen LogP contribution in [0.15, 0.2) is 12.1 Å². The molecule has 0 amide bonds. The summed E-state index contributed by atoms with van der Waals surface area (Å²) in [6.07, 6.45) is 0.809. The van der Waals surface area contributed by atoms with Crippen molar-refractivity contribution in [1.29, 1.82) is 0 Å². The summed E-state index contributed by atoms with van der Waals surface area (Å²) >= 11 is -0.562. The smallest absolute Gasteiger partial charge is 0.277 e. The Labute approximate surface area is 114 Å². The molecule has 0 radical (unpaired) electrons. The van der Waals surface area contributed by atoms with E-state index in [4.69, 9.17) is 0 Å². The lowest BCUT2D eigenvalue weighted by molar-refractivity contribution is 0.344. The third-order valence-corrected chi connectivity index (χ3v) is 3.76. The van der Waals surface area contributed by atoms with Crippen molar-refractivity contribution < 1.29 is 8.28 Å². The van der Waals surface area contributed by atoms with Gasteiger partial charge in [0, 0.05) is 0 Å². The van der Waals surface area contributed by atoms with Crippen molar-refractivity contribution in [2.75, 3.05) is 3.28 Å². The molecule has 5 nitrogen and oxygen atoms in total. The van der Waals surface area contributed by atoms with Gasteiger partial charge < -0.3 is 0 Å². The monoisotopic (exact) mass is 365 g/mol. The molecule has 2 aromatic rings. The van der Waals surface area contributed by atoms with Gasteiger partial charge in [0.25, 0.3) is 21.5 Å². The molecule has 1 aromatic carbocycles. The highest BCUT2D eigenvalue weighted by atomic mass is 127. The molecule has 92 valence electrons. The van der Waals surface area contributed by atoms with E-state index in [1.54, 1.807) is 0 Å². The number of benzene rings is 1. The number of halogens is 1. The predicted octanol–water partition coefficient (Wildman–Crippen LogP) is 3.32. The van der Waals surface area contributed by atoms with Gasteiger partial charge in [-0.3, -0.25) is 5.21 Å². The lowest BCUT2D eigenvalue weighted by atomic mass is 10.0. The molecule has 0 aliphatic heterocycles. The van der Waals surface area contributed by atoms with E-state index in [9.17, 15) is 8.28 Å². The minimum Gasteiger partial charge on any atom is -0.277 e. The Hall–Kier alpha value is -0.670. The standard InChI is InChI=1S/C10H12IN3O2S/c1-6(2)5-7-3-4-8-9(13-17-12-8)10(7)14(16)11-15/h3-4,6,16H,5H2,1-2H3. The van der Waals surface area contributed by atoms with Gasteiger partial charge in [0.2, 0.25) is 0 Å². The molecular formula is C10H12IN3O2S. The minimum atomic E-state index is -1.66. The van der Waals surface area contributed by atoms with Gasteiger partial charge in [-0.05, 0) is 24.0 Å². The van der Waals surface area contributed by atoms with Gasteiger partial charge in [-0.15, -0.1) is 0 Å². The SMILES string of the molecule is CC(C)Cc1ccc2nsnc2c1N(O)I=O. The molecule has 0 saturated carbocycles. The topological polar surface area (TPSA) is 66.3 Å². The normalized spacial score (nSPS) is 11.3. The van der Waals surface area contributed by atoms with Crippen LogP contribution in [0.5, 0.6) is 0 Å². The highest BCUT2D eigenvalue weighted by Gasteiger charge is 2.17. The Morgan fingerprint density at radius 1 is 1.47 bits per heavy atom. The van der Waals surface area contributed by atoms with Gasteiger partial charge in [-0.25, -0.2) is 3.07 Å². The predicted molar refractivity (Wildman–Crippen MR) is 74.9 cm³/mol. The van der Waals surface area contributed by atoms with Gasteiger partial charge in [-0.2, -0.15) is 12.0 Å². The van der Waals surface area contributed by atoms with E-state index in [2.05, 4.69) is 22.6 Å². The zero-order chi connectivity index (χ0) is 12.4. The summed E-state index contributed by atoms with van der Waals surface area (Å²) in [6.45, 7) is 4.20. The summed E-state index contributed by atoms with van der Waals surface area (Å²) < 4.78 is 20.1. The first-order chi connectivity index (χ1) is 8.13. The quantitative estimate of drug-likeness (QED) is 0.512. The molecule has 17 heavy (non-hydrogen) atoms. The Bertz CT molecular complexity index is 543. The van der Waals surface area contributed by atoms with Crippen LogP contribution in [-0.2, 0) is 9.49 Å². The van der Waals surface area contributed by atoms with Crippen molar-refractivity contribution in [2.24, 2.45) is 5.92 Å². The molecule has 0 aliphatic carbocycles. The lowest BCUT2D eigenvalue weighted by Crippen LogP contribution is -2.08. The maximum absolute atomic E-state index is 11.0. The van der Waals surface area contributed by atoms with Gasteiger partial charge in [0.1, 0.15) is 16.7 Å². The number of nitrogens with zero attached hydrogens (tertiary/aromatic N) is 3. The van der Waals surface area contributed by atoms with E-state index >= 15 is 0 Å². The van der Waals surface area contributed by atoms with Crippen LogP contribution < -0.4 is 3.28 Å². The maximum atomic E-state index is 11.0. The third kappa shape index (κ3) is 2.61. The van der Waals surface area contributed by atoms with Crippen molar-refractivity contribution in [3.05, 3.63) is 17.7 Å². The van der Waals surface area contributed by atoms with Crippen molar-refractivity contribution in [3.63, 3.8) is 0 Å². The number of aromatic nitrogens is 2. The van der Waals surface area contributed by atoms with E-state index in [0.29, 0.717) is 17.1 Å². The van der Waals surface area contributed by atoms with E-state index in [1.807, 2.05) is 12.1 Å². The van der Waals surface area contributed by atoms with Crippen molar-refractivity contribution in [3.8, 4) is 0 Å². The van der Waals surface area contributed by atoms with E-state index in [0.717, 1.165) is 32.5 Å². The Kier molecular flexibility index (Phi) is 4.00. The van der Waals surface area contributed by atoms with Gasteiger partial charge >= 0.3 is 0 Å². The number of hydrogen-bond acceptors (Lipinski definition) is 5. The van der Waals surface area contributed by atoms with Crippen LogP contribution in [0.2, 0.25) is 0 Å². The molecule has 0 spiro atoms. The summed E-state index contributed by atoms with van der Waals surface area (Å²) in [5.74, 6) is 0.455. The summed E-state index contributed by atoms with van der Waals surface area (Å²) in [5, 5.41) is 9.75. The molecule has 0 bridgehead atoms. The van der Waals surface area contributed by atoms with Gasteiger partial charge in [0.05, 0.1) is 11.7 Å². The first kappa shape index (κ1) is 12.8. The molecule has 0 fully saturated rings. The fourth-order valence-electron chi connectivity index (χ4n) is 1.72. The Balaban J connectivity index is 2.61. The highest BCUT2D eigenvalue weighted by molar-refractivity contribution is 14.1. The third-order valence-electron chi connectivity index (χ3n) is 2.36. The van der Waals surface area contributed by atoms with Crippen molar-refractivity contribution in [2.45, 2.75) is 20.3 Å². The average Bonchev–Trinajstić information content (AvgIpc) is 2.75. The zero-order valence-electron chi connectivity index (χ0n) is 9.42. The molecule has 0 aliphatic rings. The van der Waals surface area contributed by atoms with Crippen LogP contribution in [0.3, 0.4) is 0 Å². The fraction of sp³-hybridized carbons (Fsp3) is 0.400. The number of fused-ring (bicyclic) bond motifs is 1.